The first-order valence-electron chi connectivity index (χ1n) is 7.94. The monoisotopic (exact) mass is 263 g/mol. The van der Waals surface area contributed by atoms with Crippen LogP contribution in [0.15, 0.2) is 12.3 Å². The second-order valence-corrected chi connectivity index (χ2v) is 6.30. The molecule has 0 radical (unpaired) electrons. The molecule has 0 aromatic carbocycles. The molecule has 0 unspecified atom stereocenters. The average Bonchev–Trinajstić information content (AvgIpc) is 2.70. The molecule has 1 aromatic rings. The van der Waals surface area contributed by atoms with Gasteiger partial charge in [0.2, 0.25) is 0 Å². The van der Waals surface area contributed by atoms with E-state index in [-0.39, 0.29) is 0 Å². The minimum Gasteiger partial charge on any atom is -0.308 e. The number of hydrogen-bond acceptors (Lipinski definition) is 2. The Balaban J connectivity index is 1.79. The summed E-state index contributed by atoms with van der Waals surface area (Å²) in [5, 5.41) is 8.27. The zero-order valence-corrected chi connectivity index (χ0v) is 12.7. The summed E-state index contributed by atoms with van der Waals surface area (Å²) in [6.45, 7) is 7.57. The smallest absolute Gasteiger partial charge is 0.0762 e. The van der Waals surface area contributed by atoms with E-state index in [1.165, 1.54) is 38.5 Å². The van der Waals surface area contributed by atoms with Crippen LogP contribution in [-0.2, 0) is 6.54 Å². The zero-order valence-electron chi connectivity index (χ0n) is 12.7. The first-order valence-corrected chi connectivity index (χ1v) is 7.94. The highest BCUT2D eigenvalue weighted by Gasteiger charge is 2.18. The van der Waals surface area contributed by atoms with Crippen molar-refractivity contribution < 1.29 is 0 Å². The molecule has 0 aliphatic heterocycles. The van der Waals surface area contributed by atoms with Gasteiger partial charge in [-0.1, -0.05) is 25.7 Å². The molecule has 0 bridgehead atoms. The van der Waals surface area contributed by atoms with E-state index < -0.39 is 0 Å². The summed E-state index contributed by atoms with van der Waals surface area (Å²) >= 11 is 0. The van der Waals surface area contributed by atoms with E-state index in [1.807, 2.05) is 4.68 Å². The summed E-state index contributed by atoms with van der Waals surface area (Å²) in [7, 11) is 0. The molecule has 2 rings (SSSR count). The maximum absolute atomic E-state index is 4.60. The van der Waals surface area contributed by atoms with E-state index in [1.54, 1.807) is 0 Å². The van der Waals surface area contributed by atoms with E-state index in [4.69, 9.17) is 0 Å². The van der Waals surface area contributed by atoms with Crippen molar-refractivity contribution in [1.82, 2.24) is 15.1 Å². The third-order valence-electron chi connectivity index (χ3n) is 4.40. The van der Waals surface area contributed by atoms with E-state index >= 15 is 0 Å². The second-order valence-electron chi connectivity index (χ2n) is 6.30. The molecule has 19 heavy (non-hydrogen) atoms. The fourth-order valence-electron chi connectivity index (χ4n) is 3.00. The topological polar surface area (TPSA) is 29.9 Å². The lowest BCUT2D eigenvalue weighted by atomic mass is 9.93. The highest BCUT2D eigenvalue weighted by Crippen LogP contribution is 2.25. The Bertz CT molecular complexity index is 362. The Morgan fingerprint density at radius 1 is 1.21 bits per heavy atom. The molecule has 1 N–H and O–H groups in total. The highest BCUT2D eigenvalue weighted by molar-refractivity contribution is 4.99. The molecule has 1 aliphatic rings. The zero-order chi connectivity index (χ0) is 13.7. The molecule has 3 heteroatoms. The van der Waals surface area contributed by atoms with Crippen molar-refractivity contribution in [1.29, 1.82) is 0 Å². The summed E-state index contributed by atoms with van der Waals surface area (Å²) in [5.41, 5.74) is 1.16. The molecule has 1 aliphatic carbocycles. The van der Waals surface area contributed by atoms with E-state index in [2.05, 4.69) is 43.4 Å². The van der Waals surface area contributed by atoms with Crippen molar-refractivity contribution in [2.45, 2.75) is 77.9 Å². The Labute approximate surface area is 117 Å². The third-order valence-corrected chi connectivity index (χ3v) is 4.40. The lowest BCUT2D eigenvalue weighted by Crippen LogP contribution is -2.33. The second kappa shape index (κ2) is 7.09. The number of nitrogens with one attached hydrogen (secondary N) is 1. The Kier molecular flexibility index (Phi) is 5.44. The van der Waals surface area contributed by atoms with Gasteiger partial charge in [-0.05, 0) is 45.6 Å². The van der Waals surface area contributed by atoms with Gasteiger partial charge in [-0.25, -0.2) is 0 Å². The molecule has 3 nitrogen and oxygen atoms in total. The Morgan fingerprint density at radius 3 is 2.47 bits per heavy atom. The number of rotatable bonds is 5. The Hall–Kier alpha value is -0.830. The van der Waals surface area contributed by atoms with Gasteiger partial charge in [0.1, 0.15) is 0 Å². The van der Waals surface area contributed by atoms with Crippen LogP contribution in [0.1, 0.15) is 71.0 Å². The minimum absolute atomic E-state index is 0.452. The van der Waals surface area contributed by atoms with Gasteiger partial charge < -0.3 is 5.32 Å². The van der Waals surface area contributed by atoms with Crippen molar-refractivity contribution in [2.75, 3.05) is 0 Å². The van der Waals surface area contributed by atoms with E-state index in [9.17, 15) is 0 Å². The van der Waals surface area contributed by atoms with Crippen LogP contribution in [-0.4, -0.2) is 15.8 Å². The van der Waals surface area contributed by atoms with Gasteiger partial charge in [-0.15, -0.1) is 0 Å². The normalized spacial score (nSPS) is 19.6. The van der Waals surface area contributed by atoms with Crippen LogP contribution in [0.25, 0.3) is 0 Å². The summed E-state index contributed by atoms with van der Waals surface area (Å²) in [6, 6.07) is 3.20. The average molecular weight is 263 g/mol. The molecule has 1 heterocycles. The van der Waals surface area contributed by atoms with Crippen molar-refractivity contribution in [2.24, 2.45) is 5.92 Å². The van der Waals surface area contributed by atoms with Crippen LogP contribution in [0, 0.1) is 5.92 Å². The van der Waals surface area contributed by atoms with E-state index in [0.29, 0.717) is 12.1 Å². The maximum atomic E-state index is 4.60. The van der Waals surface area contributed by atoms with Crippen molar-refractivity contribution in [3.8, 4) is 0 Å². The SMILES string of the molecule is CC(C)n1ccc(CN[C@@H](C)C2CCCCCC2)n1. The van der Waals surface area contributed by atoms with Crippen molar-refractivity contribution in [3.05, 3.63) is 18.0 Å². The third kappa shape index (κ3) is 4.34. The van der Waals surface area contributed by atoms with Crippen molar-refractivity contribution >= 4 is 0 Å². The van der Waals surface area contributed by atoms with Gasteiger partial charge in [-0.3, -0.25) is 4.68 Å². The summed E-state index contributed by atoms with van der Waals surface area (Å²) < 4.78 is 2.04. The first-order chi connectivity index (χ1) is 9.16. The Morgan fingerprint density at radius 2 is 1.89 bits per heavy atom. The van der Waals surface area contributed by atoms with Crippen LogP contribution in [0.2, 0.25) is 0 Å². The molecule has 1 fully saturated rings. The molecular formula is C16H29N3. The predicted octanol–water partition coefficient (Wildman–Crippen LogP) is 3.91. The van der Waals surface area contributed by atoms with Crippen LogP contribution in [0.4, 0.5) is 0 Å². The van der Waals surface area contributed by atoms with Gasteiger partial charge in [0, 0.05) is 24.8 Å². The van der Waals surface area contributed by atoms with Gasteiger partial charge >= 0.3 is 0 Å². The van der Waals surface area contributed by atoms with Crippen LogP contribution in [0.5, 0.6) is 0 Å². The molecule has 1 atom stereocenters. The van der Waals surface area contributed by atoms with Gasteiger partial charge in [0.05, 0.1) is 5.69 Å². The molecule has 0 saturated heterocycles. The lowest BCUT2D eigenvalue weighted by molar-refractivity contribution is 0.335. The van der Waals surface area contributed by atoms with Crippen LogP contribution in [0.3, 0.4) is 0 Å². The fraction of sp³-hybridized carbons (Fsp3) is 0.812. The molecule has 0 spiro atoms. The predicted molar refractivity (Wildman–Crippen MR) is 80.1 cm³/mol. The largest absolute Gasteiger partial charge is 0.308 e. The summed E-state index contributed by atoms with van der Waals surface area (Å²) in [6.07, 6.45) is 10.6. The minimum atomic E-state index is 0.452. The standard InChI is InChI=1S/C16H29N3/c1-13(2)19-11-10-16(18-19)12-17-14(3)15-8-6-4-5-7-9-15/h10-11,13-15,17H,4-9,12H2,1-3H3/t14-/m0/s1. The van der Waals surface area contributed by atoms with Gasteiger partial charge in [0.25, 0.3) is 0 Å². The van der Waals surface area contributed by atoms with Gasteiger partial charge in [0.15, 0.2) is 0 Å². The fourth-order valence-corrected chi connectivity index (χ4v) is 3.00. The summed E-state index contributed by atoms with van der Waals surface area (Å²) in [4.78, 5) is 0. The highest BCUT2D eigenvalue weighted by atomic mass is 15.3. The first kappa shape index (κ1) is 14.6. The molecule has 108 valence electrons. The number of nitrogens with zero attached hydrogens (tertiary/aromatic N) is 2. The lowest BCUT2D eigenvalue weighted by Gasteiger charge is -2.23. The summed E-state index contributed by atoms with van der Waals surface area (Å²) in [5.74, 6) is 0.856. The quantitative estimate of drug-likeness (QED) is 0.816. The molecular weight excluding hydrogens is 234 g/mol. The number of hydrogen-bond donors (Lipinski definition) is 1. The molecule has 1 saturated carbocycles. The van der Waals surface area contributed by atoms with Gasteiger partial charge in [-0.2, -0.15) is 5.10 Å². The van der Waals surface area contributed by atoms with Crippen molar-refractivity contribution in [3.63, 3.8) is 0 Å². The van der Waals surface area contributed by atoms with Crippen LogP contribution >= 0.6 is 0 Å². The van der Waals surface area contributed by atoms with Crippen LogP contribution < -0.4 is 5.32 Å². The maximum Gasteiger partial charge on any atom is 0.0762 e. The van der Waals surface area contributed by atoms with E-state index in [0.717, 1.165) is 18.2 Å². The number of aromatic nitrogens is 2. The molecule has 1 aromatic heterocycles. The molecule has 0 amide bonds.